The van der Waals surface area contributed by atoms with Crippen LogP contribution in [0.4, 0.5) is 16.2 Å². The number of nitro benzene ring substituents is 1. The lowest BCUT2D eigenvalue weighted by molar-refractivity contribution is -0.384. The average Bonchev–Trinajstić information content (AvgIpc) is 3.22. The maximum absolute atomic E-state index is 12.7. The van der Waals surface area contributed by atoms with Gasteiger partial charge in [0.15, 0.2) is 0 Å². The second kappa shape index (κ2) is 6.89. The number of carbonyl (C=O) groups excluding carboxylic acids is 2. The maximum atomic E-state index is 12.7. The van der Waals surface area contributed by atoms with Gasteiger partial charge in [-0.15, -0.1) is 11.3 Å². The number of fused-ring (bicyclic) bond motifs is 1. The highest BCUT2D eigenvalue weighted by Gasteiger charge is 2.29. The summed E-state index contributed by atoms with van der Waals surface area (Å²) in [4.78, 5) is 36.8. The van der Waals surface area contributed by atoms with Crippen molar-refractivity contribution in [2.45, 2.75) is 18.9 Å². The number of primary amides is 1. The van der Waals surface area contributed by atoms with Crippen LogP contribution in [0.1, 0.15) is 22.9 Å². The van der Waals surface area contributed by atoms with E-state index in [-0.39, 0.29) is 18.0 Å². The highest BCUT2D eigenvalue weighted by atomic mass is 32.1. The van der Waals surface area contributed by atoms with Gasteiger partial charge in [0.2, 0.25) is 5.91 Å². The lowest BCUT2D eigenvalue weighted by Gasteiger charge is -2.21. The summed E-state index contributed by atoms with van der Waals surface area (Å²) in [5.41, 5.74) is 6.62. The molecule has 0 saturated carbocycles. The first-order valence-electron chi connectivity index (χ1n) is 7.63. The van der Waals surface area contributed by atoms with Crippen LogP contribution in [0, 0.1) is 10.1 Å². The first kappa shape index (κ1) is 16.9. The Labute approximate surface area is 147 Å². The van der Waals surface area contributed by atoms with Crippen LogP contribution in [-0.2, 0) is 11.2 Å². The van der Waals surface area contributed by atoms with Crippen LogP contribution in [0.5, 0.6) is 0 Å². The molecular weight excluding hydrogens is 344 g/mol. The van der Waals surface area contributed by atoms with Crippen molar-refractivity contribution in [3.8, 4) is 0 Å². The van der Waals surface area contributed by atoms with Gasteiger partial charge in [-0.2, -0.15) is 0 Å². The number of hydrogen-bond acceptors (Lipinski definition) is 5. The number of amides is 3. The number of thiophene rings is 1. The minimum Gasteiger partial charge on any atom is -0.352 e. The molecular formula is C16H16N4O4S. The van der Waals surface area contributed by atoms with Crippen LogP contribution in [0.2, 0.25) is 0 Å². The van der Waals surface area contributed by atoms with E-state index in [1.807, 2.05) is 17.5 Å². The molecule has 0 spiro atoms. The summed E-state index contributed by atoms with van der Waals surface area (Å²) in [6, 6.07) is 6.96. The van der Waals surface area contributed by atoms with Crippen molar-refractivity contribution >= 4 is 34.6 Å². The molecule has 1 unspecified atom stereocenters. The third kappa shape index (κ3) is 3.61. The predicted molar refractivity (Wildman–Crippen MR) is 93.5 cm³/mol. The Bertz CT molecular complexity index is 822. The molecule has 0 aliphatic carbocycles. The van der Waals surface area contributed by atoms with Gasteiger partial charge in [-0.3, -0.25) is 14.9 Å². The lowest BCUT2D eigenvalue weighted by Crippen LogP contribution is -2.37. The summed E-state index contributed by atoms with van der Waals surface area (Å²) in [5.74, 6) is -0.216. The van der Waals surface area contributed by atoms with E-state index in [1.54, 1.807) is 6.07 Å². The Hall–Kier alpha value is -2.94. The van der Waals surface area contributed by atoms with Crippen LogP contribution in [-0.4, -0.2) is 23.4 Å². The third-order valence-corrected chi connectivity index (χ3v) is 5.04. The van der Waals surface area contributed by atoms with E-state index in [0.717, 1.165) is 10.4 Å². The summed E-state index contributed by atoms with van der Waals surface area (Å²) in [6.45, 7) is 0.461. The Morgan fingerprint density at radius 1 is 1.40 bits per heavy atom. The van der Waals surface area contributed by atoms with E-state index in [9.17, 15) is 19.7 Å². The van der Waals surface area contributed by atoms with E-state index < -0.39 is 17.0 Å². The van der Waals surface area contributed by atoms with E-state index in [1.165, 1.54) is 28.4 Å². The number of hydrogen-bond donors (Lipinski definition) is 2. The van der Waals surface area contributed by atoms with Gasteiger partial charge < -0.3 is 16.0 Å². The third-order valence-electron chi connectivity index (χ3n) is 4.06. The Balaban J connectivity index is 1.81. The summed E-state index contributed by atoms with van der Waals surface area (Å²) in [7, 11) is 0. The Kier molecular flexibility index (Phi) is 4.66. The van der Waals surface area contributed by atoms with E-state index >= 15 is 0 Å². The number of urea groups is 1. The maximum Gasteiger partial charge on any atom is 0.312 e. The average molecular weight is 360 g/mol. The van der Waals surface area contributed by atoms with Crippen LogP contribution >= 0.6 is 11.3 Å². The number of carbonyl (C=O) groups is 2. The molecule has 1 aliphatic rings. The molecule has 2 heterocycles. The Morgan fingerprint density at radius 3 is 2.84 bits per heavy atom. The second-order valence-corrected chi connectivity index (χ2v) is 6.63. The molecule has 1 aromatic carbocycles. The molecule has 0 radical (unpaired) electrons. The first-order chi connectivity index (χ1) is 12.0. The number of nitrogens with two attached hydrogens (primary N) is 1. The Morgan fingerprint density at radius 2 is 2.20 bits per heavy atom. The molecule has 25 heavy (non-hydrogen) atoms. The van der Waals surface area contributed by atoms with Gasteiger partial charge in [-0.25, -0.2) is 4.79 Å². The molecule has 2 aromatic rings. The molecule has 0 saturated heterocycles. The minimum atomic E-state index is -0.705. The molecule has 0 fully saturated rings. The van der Waals surface area contributed by atoms with Crippen molar-refractivity contribution in [3.05, 3.63) is 56.3 Å². The molecule has 1 aromatic heterocycles. The van der Waals surface area contributed by atoms with Crippen molar-refractivity contribution < 1.29 is 14.5 Å². The number of nitrogens with zero attached hydrogens (tertiary/aromatic N) is 2. The number of anilines is 1. The van der Waals surface area contributed by atoms with E-state index in [4.69, 9.17) is 5.73 Å². The molecule has 9 heteroatoms. The zero-order chi connectivity index (χ0) is 18.0. The van der Waals surface area contributed by atoms with Crippen molar-refractivity contribution in [3.63, 3.8) is 0 Å². The topological polar surface area (TPSA) is 119 Å². The fourth-order valence-electron chi connectivity index (χ4n) is 2.91. The van der Waals surface area contributed by atoms with Gasteiger partial charge in [0.1, 0.15) is 0 Å². The fourth-order valence-corrected chi connectivity index (χ4v) is 3.69. The van der Waals surface area contributed by atoms with Crippen LogP contribution in [0.25, 0.3) is 0 Å². The highest BCUT2D eigenvalue weighted by Crippen LogP contribution is 2.33. The molecule has 3 amide bonds. The molecule has 3 rings (SSSR count). The molecule has 0 bridgehead atoms. The minimum absolute atomic E-state index is 0.0333. The van der Waals surface area contributed by atoms with Crippen molar-refractivity contribution in [1.82, 2.24) is 5.32 Å². The van der Waals surface area contributed by atoms with Gasteiger partial charge in [0.25, 0.3) is 5.69 Å². The summed E-state index contributed by atoms with van der Waals surface area (Å²) in [5, 5.41) is 15.4. The number of non-ortho nitro benzene ring substituents is 1. The van der Waals surface area contributed by atoms with Gasteiger partial charge in [-0.1, -0.05) is 12.1 Å². The zero-order valence-electron chi connectivity index (χ0n) is 13.2. The number of rotatable bonds is 5. The van der Waals surface area contributed by atoms with Crippen LogP contribution in [0.3, 0.4) is 0 Å². The SMILES string of the molecule is NC(=O)NC(CC(=O)N1CCc2ccc([N+](=O)[O-])cc21)c1cccs1. The van der Waals surface area contributed by atoms with Crippen LogP contribution in [0.15, 0.2) is 35.7 Å². The normalized spacial score (nSPS) is 14.0. The van der Waals surface area contributed by atoms with Gasteiger partial charge in [0, 0.05) is 23.6 Å². The molecule has 1 atom stereocenters. The highest BCUT2D eigenvalue weighted by molar-refractivity contribution is 7.10. The standard InChI is InChI=1S/C16H16N4O4S/c17-16(22)18-12(14-2-1-7-25-14)9-15(21)19-6-5-10-3-4-11(20(23)24)8-13(10)19/h1-4,7-8,12H,5-6,9H2,(H3,17,18,22). The van der Waals surface area contributed by atoms with Gasteiger partial charge in [0.05, 0.1) is 23.1 Å². The summed E-state index contributed by atoms with van der Waals surface area (Å²) in [6.07, 6.45) is 0.678. The number of nitro groups is 1. The number of nitrogens with one attached hydrogen (secondary N) is 1. The monoisotopic (exact) mass is 360 g/mol. The first-order valence-corrected chi connectivity index (χ1v) is 8.50. The van der Waals surface area contributed by atoms with Crippen LogP contribution < -0.4 is 16.0 Å². The number of benzene rings is 1. The summed E-state index contributed by atoms with van der Waals surface area (Å²) < 4.78 is 0. The smallest absolute Gasteiger partial charge is 0.312 e. The van der Waals surface area contributed by atoms with Gasteiger partial charge in [-0.05, 0) is 23.4 Å². The second-order valence-electron chi connectivity index (χ2n) is 5.65. The lowest BCUT2D eigenvalue weighted by atomic mass is 10.1. The molecule has 1 aliphatic heterocycles. The fraction of sp³-hybridized carbons (Fsp3) is 0.250. The van der Waals surface area contributed by atoms with E-state index in [2.05, 4.69) is 5.32 Å². The molecule has 130 valence electrons. The van der Waals surface area contributed by atoms with Crippen molar-refractivity contribution in [1.29, 1.82) is 0 Å². The molecule has 8 nitrogen and oxygen atoms in total. The van der Waals surface area contributed by atoms with E-state index in [0.29, 0.717) is 18.7 Å². The molecule has 3 N–H and O–H groups in total. The van der Waals surface area contributed by atoms with Gasteiger partial charge >= 0.3 is 6.03 Å². The van der Waals surface area contributed by atoms with Crippen molar-refractivity contribution in [2.24, 2.45) is 5.73 Å². The quantitative estimate of drug-likeness (QED) is 0.628. The predicted octanol–water partition coefficient (Wildman–Crippen LogP) is 2.35. The zero-order valence-corrected chi connectivity index (χ0v) is 14.0. The largest absolute Gasteiger partial charge is 0.352 e. The van der Waals surface area contributed by atoms with Crippen molar-refractivity contribution in [2.75, 3.05) is 11.4 Å². The summed E-state index contributed by atoms with van der Waals surface area (Å²) >= 11 is 1.42.